The summed E-state index contributed by atoms with van der Waals surface area (Å²) in [6.45, 7) is -0.215. The molecule has 1 aromatic heterocycles. The van der Waals surface area contributed by atoms with E-state index in [0.29, 0.717) is 17.0 Å². The molecule has 0 aliphatic rings. The lowest BCUT2D eigenvalue weighted by atomic mass is 10.2. The van der Waals surface area contributed by atoms with Gasteiger partial charge >= 0.3 is 5.69 Å². The number of aromatic nitrogens is 3. The monoisotopic (exact) mass is 245 g/mol. The van der Waals surface area contributed by atoms with Gasteiger partial charge in [0.25, 0.3) is 0 Å². The predicted molar refractivity (Wildman–Crippen MR) is 64.7 cm³/mol. The summed E-state index contributed by atoms with van der Waals surface area (Å²) in [6.07, 6.45) is 1.36. The van der Waals surface area contributed by atoms with Crippen molar-refractivity contribution in [2.45, 2.75) is 0 Å². The molecule has 0 atom stereocenters. The first kappa shape index (κ1) is 12.0. The minimum Gasteiger partial charge on any atom is -0.495 e. The average Bonchev–Trinajstić information content (AvgIpc) is 2.82. The van der Waals surface area contributed by atoms with Crippen LogP contribution in [0.3, 0.4) is 0 Å². The van der Waals surface area contributed by atoms with Crippen molar-refractivity contribution in [2.24, 2.45) is 0 Å². The Hall–Kier alpha value is -2.52. The molecule has 2 aromatic rings. The number of methoxy groups -OCH3 is 1. The number of aliphatic hydroxyl groups excluding tert-OH is 1. The summed E-state index contributed by atoms with van der Waals surface area (Å²) in [5.74, 6) is 5.84. The summed E-state index contributed by atoms with van der Waals surface area (Å²) in [5, 5.41) is 14.6. The Labute approximate surface area is 103 Å². The quantitative estimate of drug-likeness (QED) is 0.725. The van der Waals surface area contributed by atoms with Crippen LogP contribution in [-0.2, 0) is 0 Å². The van der Waals surface area contributed by atoms with Crippen LogP contribution in [0, 0.1) is 11.8 Å². The fourth-order valence-electron chi connectivity index (χ4n) is 1.52. The molecule has 0 amide bonds. The van der Waals surface area contributed by atoms with Crippen molar-refractivity contribution in [2.75, 3.05) is 13.7 Å². The number of hydrogen-bond acceptors (Lipinski definition) is 4. The molecule has 0 fully saturated rings. The molecule has 18 heavy (non-hydrogen) atoms. The molecule has 1 heterocycles. The van der Waals surface area contributed by atoms with Crippen LogP contribution < -0.4 is 10.4 Å². The molecule has 6 nitrogen and oxygen atoms in total. The van der Waals surface area contributed by atoms with E-state index in [4.69, 9.17) is 9.84 Å². The van der Waals surface area contributed by atoms with E-state index in [1.807, 2.05) is 0 Å². The number of hydrogen-bond donors (Lipinski definition) is 2. The van der Waals surface area contributed by atoms with Crippen LogP contribution in [0.2, 0.25) is 0 Å². The fraction of sp³-hybridized carbons (Fsp3) is 0.167. The van der Waals surface area contributed by atoms with Crippen LogP contribution in [-0.4, -0.2) is 33.6 Å². The molecule has 0 aliphatic carbocycles. The number of ether oxygens (including phenoxy) is 1. The first-order valence-electron chi connectivity index (χ1n) is 5.16. The highest BCUT2D eigenvalue weighted by molar-refractivity contribution is 5.52. The zero-order chi connectivity index (χ0) is 13.0. The van der Waals surface area contributed by atoms with Gasteiger partial charge in [-0.3, -0.25) is 0 Å². The molecule has 0 unspecified atom stereocenters. The average molecular weight is 245 g/mol. The first-order chi connectivity index (χ1) is 8.76. The molecular formula is C12H11N3O3. The van der Waals surface area contributed by atoms with E-state index in [-0.39, 0.29) is 12.3 Å². The van der Waals surface area contributed by atoms with Gasteiger partial charge in [-0.1, -0.05) is 11.8 Å². The van der Waals surface area contributed by atoms with Gasteiger partial charge in [-0.15, -0.1) is 0 Å². The van der Waals surface area contributed by atoms with Crippen molar-refractivity contribution in [3.63, 3.8) is 0 Å². The molecule has 0 saturated carbocycles. The first-order valence-corrected chi connectivity index (χ1v) is 5.16. The number of nitrogens with one attached hydrogen (secondary N) is 1. The number of benzene rings is 1. The van der Waals surface area contributed by atoms with Crippen LogP contribution in [0.4, 0.5) is 0 Å². The van der Waals surface area contributed by atoms with Gasteiger partial charge < -0.3 is 9.84 Å². The van der Waals surface area contributed by atoms with E-state index >= 15 is 0 Å². The van der Waals surface area contributed by atoms with Crippen LogP contribution in [0.1, 0.15) is 5.56 Å². The predicted octanol–water partition coefficient (Wildman–Crippen LogP) is -0.0870. The third-order valence-electron chi connectivity index (χ3n) is 2.30. The molecule has 0 radical (unpaired) electrons. The Bertz CT molecular complexity index is 661. The Morgan fingerprint density at radius 1 is 1.56 bits per heavy atom. The number of rotatable bonds is 2. The topological polar surface area (TPSA) is 80.1 Å². The third kappa shape index (κ3) is 2.26. The molecular weight excluding hydrogens is 234 g/mol. The normalized spacial score (nSPS) is 9.67. The maximum absolute atomic E-state index is 11.5. The lowest BCUT2D eigenvalue weighted by molar-refractivity contribution is 0.350. The van der Waals surface area contributed by atoms with Crippen molar-refractivity contribution < 1.29 is 9.84 Å². The number of H-pyrrole nitrogens is 1. The van der Waals surface area contributed by atoms with Crippen LogP contribution >= 0.6 is 0 Å². The van der Waals surface area contributed by atoms with Gasteiger partial charge in [0.05, 0.1) is 12.8 Å². The smallest absolute Gasteiger partial charge is 0.347 e. The molecule has 0 spiro atoms. The Morgan fingerprint density at radius 2 is 2.39 bits per heavy atom. The third-order valence-corrected chi connectivity index (χ3v) is 2.30. The SMILES string of the molecule is COc1ccc(C#CCO)cc1-n1cn[nH]c1=O. The summed E-state index contributed by atoms with van der Waals surface area (Å²) in [5.41, 5.74) is 0.856. The number of aliphatic hydroxyl groups is 1. The minimum atomic E-state index is -0.361. The summed E-state index contributed by atoms with van der Waals surface area (Å²) in [4.78, 5) is 11.5. The Kier molecular flexibility index (Phi) is 3.46. The Balaban J connectivity index is 2.56. The summed E-state index contributed by atoms with van der Waals surface area (Å²) in [6, 6.07) is 5.14. The maximum Gasteiger partial charge on any atom is 0.347 e. The molecule has 92 valence electrons. The van der Waals surface area contributed by atoms with Crippen LogP contribution in [0.25, 0.3) is 5.69 Å². The van der Waals surface area contributed by atoms with Gasteiger partial charge in [0.2, 0.25) is 0 Å². The summed E-state index contributed by atoms with van der Waals surface area (Å²) in [7, 11) is 1.52. The van der Waals surface area contributed by atoms with Gasteiger partial charge in [0.15, 0.2) is 0 Å². The molecule has 6 heteroatoms. The van der Waals surface area contributed by atoms with Crippen molar-refractivity contribution in [1.29, 1.82) is 0 Å². The second-order valence-corrected chi connectivity index (χ2v) is 3.38. The molecule has 0 aliphatic heterocycles. The molecule has 2 N–H and O–H groups in total. The number of nitrogens with zero attached hydrogens (tertiary/aromatic N) is 2. The van der Waals surface area contributed by atoms with Gasteiger partial charge in [-0.25, -0.2) is 14.5 Å². The summed E-state index contributed by atoms with van der Waals surface area (Å²) >= 11 is 0. The van der Waals surface area contributed by atoms with E-state index in [1.165, 1.54) is 18.0 Å². The fourth-order valence-corrected chi connectivity index (χ4v) is 1.52. The van der Waals surface area contributed by atoms with E-state index in [1.54, 1.807) is 18.2 Å². The van der Waals surface area contributed by atoms with E-state index in [0.717, 1.165) is 0 Å². The van der Waals surface area contributed by atoms with Crippen molar-refractivity contribution >= 4 is 0 Å². The van der Waals surface area contributed by atoms with Gasteiger partial charge in [-0.2, -0.15) is 5.10 Å². The highest BCUT2D eigenvalue weighted by Crippen LogP contribution is 2.22. The van der Waals surface area contributed by atoms with Crippen molar-refractivity contribution in [1.82, 2.24) is 14.8 Å². The zero-order valence-electron chi connectivity index (χ0n) is 9.67. The zero-order valence-corrected chi connectivity index (χ0v) is 9.67. The molecule has 1 aromatic carbocycles. The van der Waals surface area contributed by atoms with E-state index < -0.39 is 0 Å². The molecule has 2 rings (SSSR count). The van der Waals surface area contributed by atoms with Gasteiger partial charge in [0, 0.05) is 5.56 Å². The van der Waals surface area contributed by atoms with Gasteiger partial charge in [-0.05, 0) is 18.2 Å². The number of aromatic amines is 1. The highest BCUT2D eigenvalue weighted by atomic mass is 16.5. The van der Waals surface area contributed by atoms with E-state index in [2.05, 4.69) is 22.0 Å². The minimum absolute atomic E-state index is 0.215. The second-order valence-electron chi connectivity index (χ2n) is 3.38. The molecule has 0 bridgehead atoms. The van der Waals surface area contributed by atoms with Crippen molar-refractivity contribution in [3.8, 4) is 23.3 Å². The maximum atomic E-state index is 11.5. The standard InChI is InChI=1S/C12H11N3O3/c1-18-11-5-4-9(3-2-6-16)7-10(11)15-8-13-14-12(15)17/h4-5,7-8,16H,6H2,1H3,(H,14,17). The van der Waals surface area contributed by atoms with Gasteiger partial charge in [0.1, 0.15) is 18.7 Å². The Morgan fingerprint density at radius 3 is 3.00 bits per heavy atom. The summed E-state index contributed by atoms with van der Waals surface area (Å²) < 4.78 is 6.51. The van der Waals surface area contributed by atoms with Crippen molar-refractivity contribution in [3.05, 3.63) is 40.6 Å². The largest absolute Gasteiger partial charge is 0.495 e. The highest BCUT2D eigenvalue weighted by Gasteiger charge is 2.08. The van der Waals surface area contributed by atoms with Crippen LogP contribution in [0.5, 0.6) is 5.75 Å². The van der Waals surface area contributed by atoms with Crippen LogP contribution in [0.15, 0.2) is 29.3 Å². The lowest BCUT2D eigenvalue weighted by Gasteiger charge is -2.08. The van der Waals surface area contributed by atoms with E-state index in [9.17, 15) is 4.79 Å². The lowest BCUT2D eigenvalue weighted by Crippen LogP contribution is -2.15. The molecule has 0 saturated heterocycles. The second kappa shape index (κ2) is 5.21.